The zero-order chi connectivity index (χ0) is 14.1. The highest BCUT2D eigenvalue weighted by Gasteiger charge is 2.07. The lowest BCUT2D eigenvalue weighted by Gasteiger charge is -2.08. The molecule has 100 valence electrons. The SMILES string of the molecule is Cc1cc(C)nc(Sc2ccnc3c(N)cccc23)c1. The van der Waals surface area contributed by atoms with Crippen LogP contribution < -0.4 is 5.73 Å². The first-order chi connectivity index (χ1) is 9.63. The van der Waals surface area contributed by atoms with E-state index < -0.39 is 0 Å². The molecule has 0 amide bonds. The van der Waals surface area contributed by atoms with Gasteiger partial charge in [-0.3, -0.25) is 4.98 Å². The first-order valence-electron chi connectivity index (χ1n) is 6.40. The van der Waals surface area contributed by atoms with E-state index >= 15 is 0 Å². The third-order valence-electron chi connectivity index (χ3n) is 3.05. The Kier molecular flexibility index (Phi) is 3.32. The molecule has 0 aliphatic carbocycles. The molecule has 3 aromatic rings. The van der Waals surface area contributed by atoms with Crippen LogP contribution in [-0.2, 0) is 0 Å². The van der Waals surface area contributed by atoms with Crippen LogP contribution in [0, 0.1) is 13.8 Å². The van der Waals surface area contributed by atoms with Gasteiger partial charge in [-0.25, -0.2) is 4.98 Å². The van der Waals surface area contributed by atoms with Crippen molar-refractivity contribution in [1.82, 2.24) is 9.97 Å². The van der Waals surface area contributed by atoms with E-state index in [1.54, 1.807) is 18.0 Å². The van der Waals surface area contributed by atoms with Crippen LogP contribution in [-0.4, -0.2) is 9.97 Å². The van der Waals surface area contributed by atoms with E-state index in [0.717, 1.165) is 26.5 Å². The number of para-hydroxylation sites is 1. The zero-order valence-corrected chi connectivity index (χ0v) is 12.2. The first kappa shape index (κ1) is 12.9. The van der Waals surface area contributed by atoms with E-state index in [1.165, 1.54) is 5.56 Å². The van der Waals surface area contributed by atoms with Crippen molar-refractivity contribution in [3.63, 3.8) is 0 Å². The molecule has 0 aliphatic rings. The summed E-state index contributed by atoms with van der Waals surface area (Å²) in [5.41, 5.74) is 9.79. The minimum absolute atomic E-state index is 0.707. The smallest absolute Gasteiger partial charge is 0.101 e. The number of aryl methyl sites for hydroxylation is 2. The average molecular weight is 281 g/mol. The number of nitrogens with two attached hydrogens (primary N) is 1. The van der Waals surface area contributed by atoms with Crippen molar-refractivity contribution in [2.75, 3.05) is 5.73 Å². The molecular formula is C16H15N3S. The molecular weight excluding hydrogens is 266 g/mol. The Morgan fingerprint density at radius 1 is 1.10 bits per heavy atom. The molecule has 2 aromatic heterocycles. The minimum Gasteiger partial charge on any atom is -0.397 e. The second-order valence-corrected chi connectivity index (χ2v) is 5.84. The lowest BCUT2D eigenvalue weighted by Crippen LogP contribution is -1.91. The Hall–Kier alpha value is -2.07. The Morgan fingerprint density at radius 2 is 1.95 bits per heavy atom. The summed E-state index contributed by atoms with van der Waals surface area (Å²) in [6.45, 7) is 4.10. The molecule has 0 atom stereocenters. The summed E-state index contributed by atoms with van der Waals surface area (Å²) in [6.07, 6.45) is 1.80. The number of anilines is 1. The van der Waals surface area contributed by atoms with Gasteiger partial charge >= 0.3 is 0 Å². The molecule has 0 bridgehead atoms. The molecule has 1 aromatic carbocycles. The van der Waals surface area contributed by atoms with Gasteiger partial charge in [-0.1, -0.05) is 23.9 Å². The quantitative estimate of drug-likeness (QED) is 0.722. The largest absolute Gasteiger partial charge is 0.397 e. The molecule has 2 heterocycles. The second kappa shape index (κ2) is 5.13. The first-order valence-corrected chi connectivity index (χ1v) is 7.21. The van der Waals surface area contributed by atoms with E-state index in [1.807, 2.05) is 31.2 Å². The van der Waals surface area contributed by atoms with Crippen molar-refractivity contribution in [3.05, 3.63) is 53.9 Å². The normalized spacial score (nSPS) is 10.9. The number of rotatable bonds is 2. The predicted octanol–water partition coefficient (Wildman–Crippen LogP) is 3.98. The van der Waals surface area contributed by atoms with E-state index in [2.05, 4.69) is 29.0 Å². The van der Waals surface area contributed by atoms with Crippen LogP contribution in [0.2, 0.25) is 0 Å². The van der Waals surface area contributed by atoms with Crippen molar-refractivity contribution in [2.45, 2.75) is 23.8 Å². The molecule has 20 heavy (non-hydrogen) atoms. The number of nitrogens with zero attached hydrogens (tertiary/aromatic N) is 2. The molecule has 3 nitrogen and oxygen atoms in total. The number of hydrogen-bond acceptors (Lipinski definition) is 4. The predicted molar refractivity (Wildman–Crippen MR) is 84.0 cm³/mol. The molecule has 0 fully saturated rings. The summed E-state index contributed by atoms with van der Waals surface area (Å²) in [7, 11) is 0. The van der Waals surface area contributed by atoms with Gasteiger partial charge in [-0.05, 0) is 43.7 Å². The highest BCUT2D eigenvalue weighted by atomic mass is 32.2. The number of hydrogen-bond donors (Lipinski definition) is 1. The minimum atomic E-state index is 0.707. The number of nitrogen functional groups attached to an aromatic ring is 1. The molecule has 0 radical (unpaired) electrons. The van der Waals surface area contributed by atoms with E-state index in [9.17, 15) is 0 Å². The van der Waals surface area contributed by atoms with Crippen LogP contribution in [0.1, 0.15) is 11.3 Å². The lowest BCUT2D eigenvalue weighted by molar-refractivity contribution is 1.05. The van der Waals surface area contributed by atoms with Crippen LogP contribution in [0.3, 0.4) is 0 Å². The number of pyridine rings is 2. The van der Waals surface area contributed by atoms with Crippen LogP contribution in [0.4, 0.5) is 5.69 Å². The third-order valence-corrected chi connectivity index (χ3v) is 4.05. The maximum Gasteiger partial charge on any atom is 0.101 e. The summed E-state index contributed by atoms with van der Waals surface area (Å²) >= 11 is 1.65. The molecule has 2 N–H and O–H groups in total. The fraction of sp³-hybridized carbons (Fsp3) is 0.125. The van der Waals surface area contributed by atoms with Gasteiger partial charge in [0, 0.05) is 22.2 Å². The molecule has 0 unspecified atom stereocenters. The van der Waals surface area contributed by atoms with Gasteiger partial charge in [0.1, 0.15) is 5.03 Å². The van der Waals surface area contributed by atoms with Crippen molar-refractivity contribution >= 4 is 28.4 Å². The third kappa shape index (κ3) is 2.47. The van der Waals surface area contributed by atoms with Crippen LogP contribution in [0.15, 0.2) is 52.5 Å². The van der Waals surface area contributed by atoms with Crippen LogP contribution >= 0.6 is 11.8 Å². The van der Waals surface area contributed by atoms with E-state index in [-0.39, 0.29) is 0 Å². The molecule has 0 saturated carbocycles. The lowest BCUT2D eigenvalue weighted by atomic mass is 10.2. The molecule has 0 spiro atoms. The Bertz CT molecular complexity index is 764. The van der Waals surface area contributed by atoms with Crippen molar-refractivity contribution < 1.29 is 0 Å². The highest BCUT2D eigenvalue weighted by Crippen LogP contribution is 2.33. The van der Waals surface area contributed by atoms with E-state index in [0.29, 0.717) is 5.69 Å². The molecule has 0 saturated heterocycles. The van der Waals surface area contributed by atoms with Gasteiger partial charge in [0.2, 0.25) is 0 Å². The van der Waals surface area contributed by atoms with Gasteiger partial charge in [0.15, 0.2) is 0 Å². The number of benzene rings is 1. The maximum absolute atomic E-state index is 5.98. The fourth-order valence-corrected chi connectivity index (χ4v) is 3.30. The van der Waals surface area contributed by atoms with Crippen molar-refractivity contribution in [3.8, 4) is 0 Å². The van der Waals surface area contributed by atoms with Gasteiger partial charge in [-0.2, -0.15) is 0 Å². The van der Waals surface area contributed by atoms with Gasteiger partial charge in [0.05, 0.1) is 11.2 Å². The zero-order valence-electron chi connectivity index (χ0n) is 11.4. The fourth-order valence-electron chi connectivity index (χ4n) is 2.23. The summed E-state index contributed by atoms with van der Waals surface area (Å²) in [5, 5.41) is 2.07. The van der Waals surface area contributed by atoms with Gasteiger partial charge in [-0.15, -0.1) is 0 Å². The van der Waals surface area contributed by atoms with Crippen LogP contribution in [0.25, 0.3) is 10.9 Å². The van der Waals surface area contributed by atoms with Crippen molar-refractivity contribution in [1.29, 1.82) is 0 Å². The van der Waals surface area contributed by atoms with E-state index in [4.69, 9.17) is 5.73 Å². The topological polar surface area (TPSA) is 51.8 Å². The average Bonchev–Trinajstić information content (AvgIpc) is 2.39. The maximum atomic E-state index is 5.98. The number of aromatic nitrogens is 2. The Labute approximate surface area is 122 Å². The summed E-state index contributed by atoms with van der Waals surface area (Å²) in [6, 6.07) is 12.1. The second-order valence-electron chi connectivity index (χ2n) is 4.78. The highest BCUT2D eigenvalue weighted by molar-refractivity contribution is 7.99. The standard InChI is InChI=1S/C16H15N3S/c1-10-8-11(2)19-15(9-10)20-14-6-7-18-16-12(14)4-3-5-13(16)17/h3-9H,17H2,1-2H3. The molecule has 3 rings (SSSR count). The van der Waals surface area contributed by atoms with Gasteiger partial charge in [0.25, 0.3) is 0 Å². The summed E-state index contributed by atoms with van der Waals surface area (Å²) in [5.74, 6) is 0. The molecule has 0 aliphatic heterocycles. The van der Waals surface area contributed by atoms with Crippen molar-refractivity contribution in [2.24, 2.45) is 0 Å². The Balaban J connectivity index is 2.09. The monoisotopic (exact) mass is 281 g/mol. The molecule has 4 heteroatoms. The van der Waals surface area contributed by atoms with Gasteiger partial charge < -0.3 is 5.73 Å². The summed E-state index contributed by atoms with van der Waals surface area (Å²) in [4.78, 5) is 10.1. The van der Waals surface area contributed by atoms with Crippen LogP contribution in [0.5, 0.6) is 0 Å². The Morgan fingerprint density at radius 3 is 2.75 bits per heavy atom. The summed E-state index contributed by atoms with van der Waals surface area (Å²) < 4.78 is 0. The number of fused-ring (bicyclic) bond motifs is 1.